The molecule has 0 radical (unpaired) electrons. The second-order valence-electron chi connectivity index (χ2n) is 12.1. The van der Waals surface area contributed by atoms with E-state index in [0.29, 0.717) is 0 Å². The van der Waals surface area contributed by atoms with Crippen molar-refractivity contribution in [2.24, 2.45) is 0 Å². The molecule has 46 heavy (non-hydrogen) atoms. The summed E-state index contributed by atoms with van der Waals surface area (Å²) >= 11 is 0. The summed E-state index contributed by atoms with van der Waals surface area (Å²) in [4.78, 5) is 0. The third kappa shape index (κ3) is 3.77. The lowest BCUT2D eigenvalue weighted by atomic mass is 9.90. The lowest BCUT2D eigenvalue weighted by Crippen LogP contribution is -1.97. The van der Waals surface area contributed by atoms with E-state index in [4.69, 9.17) is 9.15 Å². The lowest BCUT2D eigenvalue weighted by Gasteiger charge is -2.22. The van der Waals surface area contributed by atoms with E-state index in [1.165, 1.54) is 71.3 Å². The molecule has 0 bridgehead atoms. The van der Waals surface area contributed by atoms with Gasteiger partial charge in [0.05, 0.1) is 0 Å². The molecule has 0 saturated carbocycles. The summed E-state index contributed by atoms with van der Waals surface area (Å²) in [6.07, 6.45) is 0. The third-order valence-corrected chi connectivity index (χ3v) is 9.45. The van der Waals surface area contributed by atoms with Gasteiger partial charge in [-0.2, -0.15) is 0 Å². The molecule has 214 valence electrons. The SMILES string of the molecule is c1cc(-c2ccc(-c3cccc4oc5ccc6ccccc6c5c34)cc2)cc(-c2cc3c4c(cccc4c2)Oc2ccccc2-3)c1. The van der Waals surface area contributed by atoms with E-state index < -0.39 is 0 Å². The minimum Gasteiger partial charge on any atom is -0.456 e. The van der Waals surface area contributed by atoms with Gasteiger partial charge in [0.2, 0.25) is 0 Å². The van der Waals surface area contributed by atoms with Crippen molar-refractivity contribution >= 4 is 43.5 Å². The van der Waals surface area contributed by atoms with Crippen LogP contribution >= 0.6 is 0 Å². The van der Waals surface area contributed by atoms with Crippen molar-refractivity contribution in [2.75, 3.05) is 0 Å². The van der Waals surface area contributed by atoms with Crippen molar-refractivity contribution in [1.82, 2.24) is 0 Å². The number of ether oxygens (including phenoxy) is 1. The zero-order valence-electron chi connectivity index (χ0n) is 24.8. The van der Waals surface area contributed by atoms with E-state index in [0.717, 1.165) is 28.2 Å². The Bertz CT molecular complexity index is 2660. The Hall–Kier alpha value is -6.12. The van der Waals surface area contributed by atoms with Crippen LogP contribution in [0, 0.1) is 0 Å². The molecule has 0 amide bonds. The van der Waals surface area contributed by atoms with E-state index in [9.17, 15) is 0 Å². The van der Waals surface area contributed by atoms with Crippen molar-refractivity contribution in [3.05, 3.63) is 158 Å². The van der Waals surface area contributed by atoms with Gasteiger partial charge < -0.3 is 9.15 Å². The molecule has 1 aliphatic rings. The number of para-hydroxylation sites is 1. The highest BCUT2D eigenvalue weighted by atomic mass is 16.5. The quantitative estimate of drug-likeness (QED) is 0.205. The van der Waals surface area contributed by atoms with Gasteiger partial charge >= 0.3 is 0 Å². The summed E-state index contributed by atoms with van der Waals surface area (Å²) < 4.78 is 12.6. The Morgan fingerprint density at radius 3 is 1.96 bits per heavy atom. The summed E-state index contributed by atoms with van der Waals surface area (Å²) in [7, 11) is 0. The maximum Gasteiger partial charge on any atom is 0.136 e. The first-order valence-electron chi connectivity index (χ1n) is 15.7. The first-order chi connectivity index (χ1) is 22.8. The van der Waals surface area contributed by atoms with Crippen molar-refractivity contribution in [3.63, 3.8) is 0 Å². The highest BCUT2D eigenvalue weighted by molar-refractivity contribution is 6.22. The molecule has 0 aliphatic carbocycles. The maximum atomic E-state index is 6.34. The van der Waals surface area contributed by atoms with Crippen LogP contribution in [0.25, 0.3) is 88.0 Å². The molecular weight excluding hydrogens is 560 g/mol. The molecule has 0 N–H and O–H groups in total. The van der Waals surface area contributed by atoms with Crippen molar-refractivity contribution in [1.29, 1.82) is 0 Å². The van der Waals surface area contributed by atoms with Crippen LogP contribution in [-0.2, 0) is 0 Å². The van der Waals surface area contributed by atoms with Gasteiger partial charge in [0.15, 0.2) is 0 Å². The van der Waals surface area contributed by atoms with Crippen LogP contribution in [0.2, 0.25) is 0 Å². The van der Waals surface area contributed by atoms with Gasteiger partial charge in [-0.25, -0.2) is 0 Å². The standard InChI is InChI=1S/C44H26O2/c1-2-12-34-28(8-1)22-23-41-44(34)43-35(14-7-17-40(43)46-41)29-20-18-27(19-21-29)30-9-5-10-31(24-30)33-25-32-11-6-16-39-42(32)37(26-33)36-13-3-4-15-38(36)45-39/h1-26H. The third-order valence-electron chi connectivity index (χ3n) is 9.45. The minimum atomic E-state index is 0.904. The highest BCUT2D eigenvalue weighted by Gasteiger charge is 2.21. The molecule has 1 aliphatic heterocycles. The van der Waals surface area contributed by atoms with Gasteiger partial charge in [0.1, 0.15) is 22.7 Å². The van der Waals surface area contributed by atoms with E-state index in [1.54, 1.807) is 0 Å². The summed E-state index contributed by atoms with van der Waals surface area (Å²) in [5.41, 5.74) is 11.3. The number of hydrogen-bond acceptors (Lipinski definition) is 2. The number of benzene rings is 8. The van der Waals surface area contributed by atoms with Crippen LogP contribution in [0.3, 0.4) is 0 Å². The lowest BCUT2D eigenvalue weighted by molar-refractivity contribution is 0.487. The first kappa shape index (κ1) is 25.2. The summed E-state index contributed by atoms with van der Waals surface area (Å²) in [5.74, 6) is 1.82. The molecule has 0 atom stereocenters. The van der Waals surface area contributed by atoms with Crippen LogP contribution < -0.4 is 4.74 Å². The number of fused-ring (bicyclic) bond motifs is 7. The second kappa shape index (κ2) is 9.69. The Labute approximate surface area is 265 Å². The van der Waals surface area contributed by atoms with Gasteiger partial charge in [0.25, 0.3) is 0 Å². The molecule has 8 aromatic carbocycles. The van der Waals surface area contributed by atoms with Crippen molar-refractivity contribution in [3.8, 4) is 56.0 Å². The van der Waals surface area contributed by atoms with Crippen LogP contribution in [0.5, 0.6) is 11.5 Å². The van der Waals surface area contributed by atoms with Gasteiger partial charge in [0, 0.05) is 21.7 Å². The van der Waals surface area contributed by atoms with Gasteiger partial charge in [-0.05, 0) is 97.6 Å². The van der Waals surface area contributed by atoms with Crippen molar-refractivity contribution < 1.29 is 9.15 Å². The second-order valence-corrected chi connectivity index (χ2v) is 12.1. The molecule has 0 saturated heterocycles. The molecule has 1 aromatic heterocycles. The predicted molar refractivity (Wildman–Crippen MR) is 191 cm³/mol. The minimum absolute atomic E-state index is 0.904. The number of rotatable bonds is 3. The molecule has 0 fully saturated rings. The van der Waals surface area contributed by atoms with E-state index >= 15 is 0 Å². The van der Waals surface area contributed by atoms with E-state index in [2.05, 4.69) is 146 Å². The molecule has 0 spiro atoms. The molecule has 0 unspecified atom stereocenters. The van der Waals surface area contributed by atoms with E-state index in [1.807, 2.05) is 12.1 Å². The average Bonchev–Trinajstić information content (AvgIpc) is 3.51. The zero-order chi connectivity index (χ0) is 30.2. The average molecular weight is 587 g/mol. The van der Waals surface area contributed by atoms with Crippen LogP contribution in [0.15, 0.2) is 162 Å². The van der Waals surface area contributed by atoms with Crippen LogP contribution in [0.1, 0.15) is 0 Å². The number of furan rings is 1. The highest BCUT2D eigenvalue weighted by Crippen LogP contribution is 2.48. The van der Waals surface area contributed by atoms with Crippen LogP contribution in [-0.4, -0.2) is 0 Å². The molecule has 2 heteroatoms. The Balaban J connectivity index is 1.07. The fourth-order valence-corrected chi connectivity index (χ4v) is 7.30. The van der Waals surface area contributed by atoms with Gasteiger partial charge in [-0.1, -0.05) is 115 Å². The van der Waals surface area contributed by atoms with E-state index in [-0.39, 0.29) is 0 Å². The van der Waals surface area contributed by atoms with Gasteiger partial charge in [-0.15, -0.1) is 0 Å². The topological polar surface area (TPSA) is 22.4 Å². The fourth-order valence-electron chi connectivity index (χ4n) is 7.30. The monoisotopic (exact) mass is 586 g/mol. The first-order valence-corrected chi connectivity index (χ1v) is 15.7. The summed E-state index contributed by atoms with van der Waals surface area (Å²) in [6.45, 7) is 0. The predicted octanol–water partition coefficient (Wildman–Crippen LogP) is 12.7. The smallest absolute Gasteiger partial charge is 0.136 e. The Kier molecular flexibility index (Phi) is 5.31. The van der Waals surface area contributed by atoms with Gasteiger partial charge in [-0.3, -0.25) is 0 Å². The molecule has 2 nitrogen and oxygen atoms in total. The zero-order valence-corrected chi connectivity index (χ0v) is 24.8. The molecule has 9 aromatic rings. The Morgan fingerprint density at radius 2 is 1.02 bits per heavy atom. The largest absolute Gasteiger partial charge is 0.456 e. The fraction of sp³-hybridized carbons (Fsp3) is 0. The number of hydrogen-bond donors (Lipinski definition) is 0. The molecule has 10 rings (SSSR count). The van der Waals surface area contributed by atoms with Crippen LogP contribution in [0.4, 0.5) is 0 Å². The molecular formula is C44H26O2. The summed E-state index contributed by atoms with van der Waals surface area (Å²) in [6, 6.07) is 56.1. The Morgan fingerprint density at radius 1 is 0.326 bits per heavy atom. The normalized spacial score (nSPS) is 12.1. The summed E-state index contributed by atoms with van der Waals surface area (Å²) in [5, 5.41) is 7.13. The maximum absolute atomic E-state index is 6.34. The molecule has 2 heterocycles. The van der Waals surface area contributed by atoms with Crippen molar-refractivity contribution in [2.45, 2.75) is 0 Å².